The molecule has 4 aromatic carbocycles. The molecule has 0 unspecified atom stereocenters. The monoisotopic (exact) mass is 666 g/mol. The van der Waals surface area contributed by atoms with Crippen molar-refractivity contribution in [3.8, 4) is 40.2 Å². The fraction of sp³-hybridized carbons (Fsp3) is 0.152. The third kappa shape index (κ3) is 4.84. The van der Waals surface area contributed by atoms with Crippen LogP contribution in [0.5, 0.6) is 40.2 Å². The van der Waals surface area contributed by atoms with Gasteiger partial charge in [-0.1, -0.05) is 35.3 Å². The van der Waals surface area contributed by atoms with Gasteiger partial charge >= 0.3 is 11.9 Å². The number of phenolic OH excluding ortho intramolecular Hbond substituents is 4. The zero-order chi connectivity index (χ0) is 33.9. The Bertz CT molecular complexity index is 2060. The first-order chi connectivity index (χ1) is 21.6. The third-order valence-electron chi connectivity index (χ3n) is 7.64. The van der Waals surface area contributed by atoms with E-state index in [0.717, 1.165) is 0 Å². The second-order valence-corrected chi connectivity index (χ2v) is 11.2. The lowest BCUT2D eigenvalue weighted by molar-refractivity contribution is 0.0595. The molecule has 2 aliphatic rings. The molecule has 1 heterocycles. The fourth-order valence-corrected chi connectivity index (χ4v) is 5.77. The predicted octanol–water partition coefficient (Wildman–Crippen LogP) is 6.62. The SMILES string of the molecule is COC(=O)c1c(C)c2c(c(C)c1O)OC(=O)c1c(C)c(Cl)c(O)c(Cl)c1O2.Cc1cc(O)c2c(c1)C(=O)c1cccc(O)c1C2=O. The highest BCUT2D eigenvalue weighted by molar-refractivity contribution is 6.39. The van der Waals surface area contributed by atoms with E-state index in [1.807, 2.05) is 0 Å². The van der Waals surface area contributed by atoms with Crippen LogP contribution in [0, 0.1) is 27.7 Å². The van der Waals surface area contributed by atoms with Gasteiger partial charge in [-0.05, 0) is 57.0 Å². The first-order valence-electron chi connectivity index (χ1n) is 13.4. The summed E-state index contributed by atoms with van der Waals surface area (Å²) in [5, 5.41) is 39.8. The molecular weight excluding hydrogens is 643 g/mol. The van der Waals surface area contributed by atoms with E-state index in [0.29, 0.717) is 5.56 Å². The van der Waals surface area contributed by atoms with E-state index in [1.165, 1.54) is 52.1 Å². The quantitative estimate of drug-likeness (QED) is 0.112. The van der Waals surface area contributed by atoms with Gasteiger partial charge in [0.2, 0.25) is 5.78 Å². The molecule has 0 aromatic heterocycles. The molecule has 4 aromatic rings. The number of hydrogen-bond donors (Lipinski definition) is 4. The number of hydrogen-bond acceptors (Lipinski definition) is 11. The number of aryl methyl sites for hydroxylation is 1. The number of fused-ring (bicyclic) bond motifs is 4. The van der Waals surface area contributed by atoms with Gasteiger partial charge in [0.1, 0.15) is 33.4 Å². The van der Waals surface area contributed by atoms with Gasteiger partial charge in [-0.3, -0.25) is 9.59 Å². The van der Waals surface area contributed by atoms with Crippen LogP contribution in [-0.2, 0) is 4.74 Å². The van der Waals surface area contributed by atoms with E-state index >= 15 is 0 Å². The highest BCUT2D eigenvalue weighted by Gasteiger charge is 2.36. The molecule has 0 amide bonds. The topological polar surface area (TPSA) is 177 Å². The summed E-state index contributed by atoms with van der Waals surface area (Å²) >= 11 is 12.2. The van der Waals surface area contributed by atoms with Crippen molar-refractivity contribution in [3.05, 3.63) is 96.0 Å². The van der Waals surface area contributed by atoms with E-state index in [2.05, 4.69) is 0 Å². The molecule has 1 aliphatic carbocycles. The van der Waals surface area contributed by atoms with Crippen LogP contribution in [0.15, 0.2) is 30.3 Å². The molecule has 11 nitrogen and oxygen atoms in total. The Morgan fingerprint density at radius 3 is 1.98 bits per heavy atom. The molecule has 46 heavy (non-hydrogen) atoms. The largest absolute Gasteiger partial charge is 0.507 e. The van der Waals surface area contributed by atoms with Crippen molar-refractivity contribution in [2.45, 2.75) is 27.7 Å². The smallest absolute Gasteiger partial charge is 0.347 e. The zero-order valence-electron chi connectivity index (χ0n) is 24.8. The van der Waals surface area contributed by atoms with E-state index in [9.17, 15) is 39.6 Å². The maximum Gasteiger partial charge on any atom is 0.347 e. The molecule has 6 rings (SSSR count). The molecular formula is C33H24Cl2O11. The van der Waals surface area contributed by atoms with Crippen molar-refractivity contribution in [2.24, 2.45) is 0 Å². The van der Waals surface area contributed by atoms with Crippen LogP contribution in [0.3, 0.4) is 0 Å². The molecule has 1 aliphatic heterocycles. The summed E-state index contributed by atoms with van der Waals surface area (Å²) in [6, 6.07) is 7.36. The molecule has 4 N–H and O–H groups in total. The summed E-state index contributed by atoms with van der Waals surface area (Å²) in [7, 11) is 1.17. The highest BCUT2D eigenvalue weighted by Crippen LogP contribution is 2.52. The molecule has 0 radical (unpaired) electrons. The van der Waals surface area contributed by atoms with E-state index in [-0.39, 0.29) is 94.6 Å². The normalized spacial score (nSPS) is 12.7. The summed E-state index contributed by atoms with van der Waals surface area (Å²) in [6.45, 7) is 6.16. The van der Waals surface area contributed by atoms with Crippen molar-refractivity contribution in [3.63, 3.8) is 0 Å². The number of aromatic hydroxyl groups is 4. The maximum absolute atomic E-state index is 12.7. The lowest BCUT2D eigenvalue weighted by Crippen LogP contribution is -2.21. The zero-order valence-corrected chi connectivity index (χ0v) is 26.3. The van der Waals surface area contributed by atoms with Gasteiger partial charge in [-0.2, -0.15) is 0 Å². The standard InChI is InChI=1S/C18H14Cl2O7.C15H10O4/c1-5-9-16(11(20)13(22)10(5)19)26-14-6(2)8(17(23)25-4)12(21)7(3)15(14)27-18(9)24;1-7-5-9-13(11(17)6-7)15(19)12-8(14(9)18)3-2-4-10(12)16/h21-22H,1-4H3;2-6,16-17H,1H3. The number of esters is 2. The van der Waals surface area contributed by atoms with Crippen LogP contribution in [0.25, 0.3) is 0 Å². The van der Waals surface area contributed by atoms with Crippen molar-refractivity contribution in [1.29, 1.82) is 0 Å². The molecule has 0 fully saturated rings. The summed E-state index contributed by atoms with van der Waals surface area (Å²) < 4.78 is 15.9. The van der Waals surface area contributed by atoms with Gasteiger partial charge < -0.3 is 34.6 Å². The number of rotatable bonds is 1. The summed E-state index contributed by atoms with van der Waals surface area (Å²) in [5.41, 5.74) is 1.23. The Hall–Kier alpha value is -5.26. The second kappa shape index (κ2) is 11.6. The van der Waals surface area contributed by atoms with Crippen molar-refractivity contribution < 1.29 is 53.8 Å². The fourth-order valence-electron chi connectivity index (χ4n) is 5.31. The minimum atomic E-state index is -0.835. The van der Waals surface area contributed by atoms with Gasteiger partial charge in [0.15, 0.2) is 28.8 Å². The number of methoxy groups -OCH3 is 1. The van der Waals surface area contributed by atoms with Crippen molar-refractivity contribution in [2.75, 3.05) is 7.11 Å². The van der Waals surface area contributed by atoms with Gasteiger partial charge in [0, 0.05) is 22.3 Å². The molecule has 0 bridgehead atoms. The molecule has 0 saturated carbocycles. The van der Waals surface area contributed by atoms with E-state index in [1.54, 1.807) is 13.0 Å². The third-order valence-corrected chi connectivity index (χ3v) is 8.45. The summed E-state index contributed by atoms with van der Waals surface area (Å²) in [5.74, 6) is -4.11. The molecule has 236 valence electrons. The Balaban J connectivity index is 0.000000192. The molecule has 0 spiro atoms. The molecule has 0 saturated heterocycles. The van der Waals surface area contributed by atoms with E-state index in [4.69, 9.17) is 37.4 Å². The minimum Gasteiger partial charge on any atom is -0.507 e. The Labute approximate surface area is 271 Å². The van der Waals surface area contributed by atoms with Crippen LogP contribution in [0.1, 0.15) is 74.8 Å². The number of ether oxygens (including phenoxy) is 3. The number of carbonyl (C=O) groups is 4. The highest BCUT2D eigenvalue weighted by atomic mass is 35.5. The summed E-state index contributed by atoms with van der Waals surface area (Å²) in [6.07, 6.45) is 0. The van der Waals surface area contributed by atoms with Crippen LogP contribution >= 0.6 is 23.2 Å². The first-order valence-corrected chi connectivity index (χ1v) is 14.2. The minimum absolute atomic E-state index is 0.0131. The number of carbonyl (C=O) groups excluding carboxylic acids is 4. The van der Waals surface area contributed by atoms with Gasteiger partial charge in [0.05, 0.1) is 23.3 Å². The Morgan fingerprint density at radius 2 is 1.33 bits per heavy atom. The average molecular weight is 667 g/mol. The molecule has 0 atom stereocenters. The summed E-state index contributed by atoms with van der Waals surface area (Å²) in [4.78, 5) is 49.4. The van der Waals surface area contributed by atoms with Gasteiger partial charge in [0.25, 0.3) is 0 Å². The Kier molecular flexibility index (Phi) is 8.10. The lowest BCUT2D eigenvalue weighted by Gasteiger charge is -2.19. The average Bonchev–Trinajstić information content (AvgIpc) is 3.17. The van der Waals surface area contributed by atoms with Crippen LogP contribution in [-0.4, -0.2) is 51.0 Å². The maximum atomic E-state index is 12.7. The predicted molar refractivity (Wildman–Crippen MR) is 165 cm³/mol. The molecule has 13 heteroatoms. The number of benzene rings is 4. The number of halogens is 2. The number of ketones is 2. The van der Waals surface area contributed by atoms with Crippen molar-refractivity contribution >= 4 is 46.7 Å². The second-order valence-electron chi connectivity index (χ2n) is 10.5. The first kappa shape index (κ1) is 32.1. The number of phenols is 4. The van der Waals surface area contributed by atoms with E-state index < -0.39 is 29.2 Å². The lowest BCUT2D eigenvalue weighted by atomic mass is 9.82. The van der Waals surface area contributed by atoms with Crippen molar-refractivity contribution in [1.82, 2.24) is 0 Å². The van der Waals surface area contributed by atoms with Crippen LogP contribution in [0.4, 0.5) is 0 Å². The Morgan fingerprint density at radius 1 is 0.696 bits per heavy atom. The van der Waals surface area contributed by atoms with Gasteiger partial charge in [-0.15, -0.1) is 0 Å². The van der Waals surface area contributed by atoms with Crippen LogP contribution in [0.2, 0.25) is 10.0 Å². The van der Waals surface area contributed by atoms with Gasteiger partial charge in [-0.25, -0.2) is 9.59 Å². The van der Waals surface area contributed by atoms with Crippen LogP contribution < -0.4 is 9.47 Å².